The largest absolute Gasteiger partial charge is 0.479 e. The third-order valence-electron chi connectivity index (χ3n) is 1.87. The summed E-state index contributed by atoms with van der Waals surface area (Å²) in [6.45, 7) is 0.239. The van der Waals surface area contributed by atoms with Gasteiger partial charge < -0.3 is 27.0 Å². The Labute approximate surface area is 96.4 Å². The van der Waals surface area contributed by atoms with Gasteiger partial charge in [0.15, 0.2) is 11.1 Å². The molecule has 0 aromatic heterocycles. The molecule has 0 aliphatic carbocycles. The molecule has 0 bridgehead atoms. The minimum absolute atomic E-state index is 0.228. The molecule has 0 radical (unpaired) electrons. The quantitative estimate of drug-likeness (QED) is 0.109. The average molecular weight is 249 g/mol. The number of hydrogen-bond donors (Lipinski definition) is 5. The fourth-order valence-electron chi connectivity index (χ4n) is 1.02. The lowest BCUT2D eigenvalue weighted by Gasteiger charge is -2.14. The molecule has 0 amide bonds. The predicted molar refractivity (Wildman–Crippen MR) is 57.5 cm³/mol. The van der Waals surface area contributed by atoms with Gasteiger partial charge in [-0.15, -0.1) is 0 Å². The molecule has 17 heavy (non-hydrogen) atoms. The van der Waals surface area contributed by atoms with Gasteiger partial charge in [-0.2, -0.15) is 0 Å². The van der Waals surface area contributed by atoms with E-state index in [0.29, 0.717) is 6.42 Å². The van der Waals surface area contributed by atoms with Gasteiger partial charge in [-0.05, 0) is 12.8 Å². The van der Waals surface area contributed by atoms with Crippen molar-refractivity contribution >= 4 is 11.9 Å². The number of guanidine groups is 1. The number of nitrogens with zero attached hydrogens (tertiary/aromatic N) is 2. The van der Waals surface area contributed by atoms with Crippen molar-refractivity contribution in [1.29, 1.82) is 0 Å². The number of carboxylic acids is 1. The first-order chi connectivity index (χ1) is 7.84. The first-order valence-corrected chi connectivity index (χ1v) is 4.73. The van der Waals surface area contributed by atoms with Gasteiger partial charge in [-0.3, -0.25) is 0 Å². The summed E-state index contributed by atoms with van der Waals surface area (Å²) in [5, 5.41) is 31.7. The van der Waals surface area contributed by atoms with Crippen LogP contribution in [-0.2, 0) is 4.79 Å². The molecule has 0 rings (SSSR count). The van der Waals surface area contributed by atoms with E-state index in [-0.39, 0.29) is 18.9 Å². The second-order valence-electron chi connectivity index (χ2n) is 3.24. The highest BCUT2D eigenvalue weighted by molar-refractivity contribution is 5.77. The summed E-state index contributed by atoms with van der Waals surface area (Å²) in [7, 11) is 0. The molecule has 10 nitrogen and oxygen atoms in total. The third kappa shape index (κ3) is 7.03. The van der Waals surface area contributed by atoms with Gasteiger partial charge in [0, 0.05) is 12.6 Å². The summed E-state index contributed by atoms with van der Waals surface area (Å²) >= 11 is 0. The Morgan fingerprint density at radius 2 is 2.18 bits per heavy atom. The van der Waals surface area contributed by atoms with E-state index in [9.17, 15) is 14.9 Å². The number of nitro groups is 1. The fraction of sp³-hybridized carbons (Fsp3) is 0.714. The second-order valence-corrected chi connectivity index (χ2v) is 3.24. The van der Waals surface area contributed by atoms with Gasteiger partial charge >= 0.3 is 5.97 Å². The SMILES string of the molecule is NC(=N[N+](=O)[O-])NCCCC(N)C(O)C(=O)O. The van der Waals surface area contributed by atoms with Crippen LogP contribution in [0.5, 0.6) is 0 Å². The highest BCUT2D eigenvalue weighted by atomic mass is 16.7. The summed E-state index contributed by atoms with van der Waals surface area (Å²) in [5.41, 5.74) is 10.5. The molecule has 7 N–H and O–H groups in total. The molecule has 0 spiro atoms. The number of carboxylic acid groups (broad SMARTS) is 1. The molecule has 0 aliphatic rings. The smallest absolute Gasteiger partial charge is 0.334 e. The zero-order chi connectivity index (χ0) is 13.4. The highest BCUT2D eigenvalue weighted by Gasteiger charge is 2.21. The van der Waals surface area contributed by atoms with Crippen LogP contribution in [0.3, 0.4) is 0 Å². The minimum atomic E-state index is -1.63. The second kappa shape index (κ2) is 7.35. The number of aliphatic hydroxyl groups excluding tert-OH is 1. The van der Waals surface area contributed by atoms with Crippen LogP contribution in [0.1, 0.15) is 12.8 Å². The normalized spacial score (nSPS) is 15.1. The van der Waals surface area contributed by atoms with Crippen molar-refractivity contribution < 1.29 is 20.0 Å². The Balaban J connectivity index is 3.78. The van der Waals surface area contributed by atoms with Crippen LogP contribution in [0.4, 0.5) is 0 Å². The first-order valence-electron chi connectivity index (χ1n) is 4.73. The zero-order valence-electron chi connectivity index (χ0n) is 8.94. The van der Waals surface area contributed by atoms with Crippen molar-refractivity contribution in [2.45, 2.75) is 25.0 Å². The lowest BCUT2D eigenvalue weighted by molar-refractivity contribution is -0.485. The minimum Gasteiger partial charge on any atom is -0.479 e. The maximum absolute atomic E-state index is 10.3. The van der Waals surface area contributed by atoms with Crippen LogP contribution >= 0.6 is 0 Å². The number of hydrazone groups is 1. The van der Waals surface area contributed by atoms with Gasteiger partial charge in [0.2, 0.25) is 0 Å². The van der Waals surface area contributed by atoms with Crippen molar-refractivity contribution in [1.82, 2.24) is 5.32 Å². The number of carbonyl (C=O) groups is 1. The zero-order valence-corrected chi connectivity index (χ0v) is 8.94. The molecule has 0 heterocycles. The number of rotatable bonds is 7. The van der Waals surface area contributed by atoms with E-state index in [4.69, 9.17) is 21.7 Å². The molecule has 98 valence electrons. The predicted octanol–water partition coefficient (Wildman–Crippen LogP) is -2.36. The lowest BCUT2D eigenvalue weighted by Crippen LogP contribution is -2.41. The average Bonchev–Trinajstić information content (AvgIpc) is 2.21. The molecule has 0 aromatic rings. The van der Waals surface area contributed by atoms with E-state index in [1.54, 1.807) is 0 Å². The number of aliphatic hydroxyl groups is 1. The lowest BCUT2D eigenvalue weighted by atomic mass is 10.1. The van der Waals surface area contributed by atoms with Gasteiger partial charge in [-0.1, -0.05) is 0 Å². The van der Waals surface area contributed by atoms with Crippen LogP contribution < -0.4 is 16.8 Å². The number of aliphatic carboxylic acids is 1. The Hall–Kier alpha value is -1.94. The topological polar surface area (TPSA) is 177 Å². The first kappa shape index (κ1) is 15.1. The van der Waals surface area contributed by atoms with Crippen molar-refractivity contribution in [3.8, 4) is 0 Å². The van der Waals surface area contributed by atoms with E-state index in [0.717, 1.165) is 0 Å². The molecule has 0 saturated carbocycles. The van der Waals surface area contributed by atoms with Gasteiger partial charge in [0.05, 0.1) is 0 Å². The monoisotopic (exact) mass is 249 g/mol. The van der Waals surface area contributed by atoms with E-state index in [1.807, 2.05) is 0 Å². The number of hydrogen-bond acceptors (Lipinski definition) is 5. The van der Waals surface area contributed by atoms with Crippen LogP contribution in [0.15, 0.2) is 5.10 Å². The van der Waals surface area contributed by atoms with Crippen LogP contribution in [-0.4, -0.2) is 45.9 Å². The molecule has 10 heteroatoms. The Kier molecular flexibility index (Phi) is 6.51. The van der Waals surface area contributed by atoms with E-state index in [2.05, 4.69) is 10.4 Å². The maximum atomic E-state index is 10.3. The molecule has 0 saturated heterocycles. The van der Waals surface area contributed by atoms with Crippen molar-refractivity contribution in [2.75, 3.05) is 6.54 Å². The Bertz CT molecular complexity index is 307. The third-order valence-corrected chi connectivity index (χ3v) is 1.87. The molecule has 0 aromatic carbocycles. The summed E-state index contributed by atoms with van der Waals surface area (Å²) in [5.74, 6) is -1.73. The summed E-state index contributed by atoms with van der Waals surface area (Å²) in [4.78, 5) is 20.2. The standard InChI is InChI=1S/C7H15N5O5/c8-4(5(13)6(14)15)2-1-3-10-7(9)11-12(16)17/h4-5,13H,1-3,8H2,(H,14,15)(H3,9,10,11). The molecule has 2 unspecified atom stereocenters. The van der Waals surface area contributed by atoms with E-state index in [1.165, 1.54) is 0 Å². The molecule has 0 aliphatic heterocycles. The Morgan fingerprint density at radius 1 is 1.59 bits per heavy atom. The summed E-state index contributed by atoms with van der Waals surface area (Å²) in [6.07, 6.45) is -1.01. The number of nitrogens with two attached hydrogens (primary N) is 2. The summed E-state index contributed by atoms with van der Waals surface area (Å²) in [6, 6.07) is -0.900. The molecular formula is C7H15N5O5. The van der Waals surface area contributed by atoms with Gasteiger partial charge in [0.1, 0.15) is 5.10 Å². The van der Waals surface area contributed by atoms with Gasteiger partial charge in [-0.25, -0.2) is 14.9 Å². The van der Waals surface area contributed by atoms with Crippen molar-refractivity contribution in [2.24, 2.45) is 16.6 Å². The van der Waals surface area contributed by atoms with Crippen molar-refractivity contribution in [3.63, 3.8) is 0 Å². The van der Waals surface area contributed by atoms with E-state index >= 15 is 0 Å². The van der Waals surface area contributed by atoms with E-state index < -0.39 is 23.1 Å². The van der Waals surface area contributed by atoms with Crippen LogP contribution in [0.25, 0.3) is 0 Å². The Morgan fingerprint density at radius 3 is 2.65 bits per heavy atom. The number of nitrogens with one attached hydrogen (secondary N) is 1. The van der Waals surface area contributed by atoms with Crippen LogP contribution in [0.2, 0.25) is 0 Å². The molecule has 2 atom stereocenters. The fourth-order valence-corrected chi connectivity index (χ4v) is 1.02. The summed E-state index contributed by atoms with van der Waals surface area (Å²) < 4.78 is 0. The molecular weight excluding hydrogens is 234 g/mol. The maximum Gasteiger partial charge on any atom is 0.334 e. The van der Waals surface area contributed by atoms with Gasteiger partial charge in [0.25, 0.3) is 5.96 Å². The highest BCUT2D eigenvalue weighted by Crippen LogP contribution is 1.99. The molecule has 0 fully saturated rings. The van der Waals surface area contributed by atoms with Crippen LogP contribution in [0, 0.1) is 10.1 Å². The van der Waals surface area contributed by atoms with Crippen molar-refractivity contribution in [3.05, 3.63) is 10.1 Å².